The Morgan fingerprint density at radius 2 is 1.25 bits per heavy atom. The van der Waals surface area contributed by atoms with Crippen LogP contribution in [0.1, 0.15) is 55.2 Å². The molecule has 0 heterocycles. The van der Waals surface area contributed by atoms with Gasteiger partial charge in [-0.1, -0.05) is 54.6 Å². The number of hydroxylamine groups is 1. The molecular formula is C33H47N3O8. The SMILES string of the molecule is COCCOCCOCC(=O)NCCCCC(=O)NCCC(=O)ONC(=O)Cc1ccc(CCCCc2ccccc2)cc1. The number of carbonyl (C=O) groups excluding carboxylic acids is 4. The third-order valence-electron chi connectivity index (χ3n) is 6.53. The highest BCUT2D eigenvalue weighted by molar-refractivity contribution is 5.80. The molecule has 3 amide bonds. The first kappa shape index (κ1) is 36.4. The van der Waals surface area contributed by atoms with Crippen molar-refractivity contribution < 1.29 is 38.2 Å². The minimum atomic E-state index is -0.643. The van der Waals surface area contributed by atoms with Gasteiger partial charge < -0.3 is 29.7 Å². The van der Waals surface area contributed by atoms with E-state index in [-0.39, 0.29) is 44.2 Å². The van der Waals surface area contributed by atoms with Crippen LogP contribution in [0.15, 0.2) is 54.6 Å². The zero-order valence-corrected chi connectivity index (χ0v) is 25.8. The Morgan fingerprint density at radius 1 is 0.614 bits per heavy atom. The molecule has 0 aliphatic rings. The molecule has 0 saturated heterocycles. The Labute approximate surface area is 260 Å². The predicted octanol–water partition coefficient (Wildman–Crippen LogP) is 2.84. The summed E-state index contributed by atoms with van der Waals surface area (Å²) in [6.45, 7) is 2.20. The molecule has 44 heavy (non-hydrogen) atoms. The Kier molecular flexibility index (Phi) is 19.5. The normalized spacial score (nSPS) is 10.7. The number of amides is 3. The number of rotatable bonds is 23. The van der Waals surface area contributed by atoms with Gasteiger partial charge in [0.05, 0.1) is 39.3 Å². The Balaban J connectivity index is 1.43. The van der Waals surface area contributed by atoms with Crippen molar-refractivity contribution in [3.63, 3.8) is 0 Å². The van der Waals surface area contributed by atoms with Crippen LogP contribution in [0, 0.1) is 0 Å². The van der Waals surface area contributed by atoms with Crippen LogP contribution in [0.5, 0.6) is 0 Å². The number of ether oxygens (including phenoxy) is 3. The minimum absolute atomic E-state index is 0.0476. The van der Waals surface area contributed by atoms with E-state index in [4.69, 9.17) is 19.0 Å². The van der Waals surface area contributed by atoms with Gasteiger partial charge in [0.15, 0.2) is 0 Å². The molecule has 2 aromatic carbocycles. The lowest BCUT2D eigenvalue weighted by molar-refractivity contribution is -0.158. The van der Waals surface area contributed by atoms with E-state index in [2.05, 4.69) is 40.4 Å². The molecular weight excluding hydrogens is 566 g/mol. The molecule has 0 unspecified atom stereocenters. The van der Waals surface area contributed by atoms with Crippen molar-refractivity contribution in [2.45, 2.75) is 57.8 Å². The van der Waals surface area contributed by atoms with Crippen molar-refractivity contribution >= 4 is 23.7 Å². The van der Waals surface area contributed by atoms with Crippen LogP contribution in [0.3, 0.4) is 0 Å². The molecule has 0 atom stereocenters. The summed E-state index contributed by atoms with van der Waals surface area (Å²) >= 11 is 0. The van der Waals surface area contributed by atoms with Crippen LogP contribution in [0.25, 0.3) is 0 Å². The van der Waals surface area contributed by atoms with Gasteiger partial charge in [0.1, 0.15) is 6.61 Å². The number of benzene rings is 2. The molecule has 0 radical (unpaired) electrons. The molecule has 3 N–H and O–H groups in total. The topological polar surface area (TPSA) is 141 Å². The number of carbonyl (C=O) groups is 4. The number of unbranched alkanes of at least 4 members (excludes halogenated alkanes) is 2. The van der Waals surface area contributed by atoms with E-state index in [0.29, 0.717) is 45.8 Å². The maximum absolute atomic E-state index is 12.2. The van der Waals surface area contributed by atoms with Crippen LogP contribution in [0.4, 0.5) is 0 Å². The average molecular weight is 614 g/mol. The first-order valence-electron chi connectivity index (χ1n) is 15.2. The molecule has 2 rings (SSSR count). The highest BCUT2D eigenvalue weighted by Crippen LogP contribution is 2.11. The summed E-state index contributed by atoms with van der Waals surface area (Å²) in [4.78, 5) is 52.5. The minimum Gasteiger partial charge on any atom is -0.382 e. The van der Waals surface area contributed by atoms with E-state index in [1.165, 1.54) is 11.1 Å². The lowest BCUT2D eigenvalue weighted by Gasteiger charge is -2.08. The number of methoxy groups -OCH3 is 1. The van der Waals surface area contributed by atoms with E-state index < -0.39 is 11.9 Å². The second kappa shape index (κ2) is 23.6. The molecule has 0 spiro atoms. The summed E-state index contributed by atoms with van der Waals surface area (Å²) in [5, 5.41) is 5.37. The fourth-order valence-electron chi connectivity index (χ4n) is 4.12. The average Bonchev–Trinajstić information content (AvgIpc) is 3.03. The van der Waals surface area contributed by atoms with Crippen molar-refractivity contribution in [3.05, 3.63) is 71.3 Å². The van der Waals surface area contributed by atoms with Gasteiger partial charge in [-0.15, -0.1) is 0 Å². The van der Waals surface area contributed by atoms with Crippen LogP contribution in [0.2, 0.25) is 0 Å². The first-order valence-corrected chi connectivity index (χ1v) is 15.2. The number of hydrogen-bond donors (Lipinski definition) is 3. The van der Waals surface area contributed by atoms with Crippen molar-refractivity contribution in [2.24, 2.45) is 0 Å². The van der Waals surface area contributed by atoms with Crippen molar-refractivity contribution in [2.75, 3.05) is 53.2 Å². The second-order valence-corrected chi connectivity index (χ2v) is 10.3. The van der Waals surface area contributed by atoms with Gasteiger partial charge in [0.25, 0.3) is 5.91 Å². The molecule has 0 aromatic heterocycles. The van der Waals surface area contributed by atoms with Crippen LogP contribution in [-0.2, 0) is 57.5 Å². The summed E-state index contributed by atoms with van der Waals surface area (Å²) < 4.78 is 15.3. The summed E-state index contributed by atoms with van der Waals surface area (Å²) in [7, 11) is 1.59. The summed E-state index contributed by atoms with van der Waals surface area (Å²) in [6.07, 6.45) is 5.76. The molecule has 0 saturated carbocycles. The molecule has 2 aromatic rings. The van der Waals surface area contributed by atoms with Gasteiger partial charge in [-0.25, -0.2) is 4.79 Å². The second-order valence-electron chi connectivity index (χ2n) is 10.3. The van der Waals surface area contributed by atoms with Gasteiger partial charge in [-0.05, 0) is 55.2 Å². The largest absolute Gasteiger partial charge is 0.382 e. The van der Waals surface area contributed by atoms with E-state index in [0.717, 1.165) is 31.2 Å². The molecule has 242 valence electrons. The highest BCUT2D eigenvalue weighted by atomic mass is 16.7. The maximum atomic E-state index is 12.2. The Morgan fingerprint density at radius 3 is 1.98 bits per heavy atom. The highest BCUT2D eigenvalue weighted by Gasteiger charge is 2.10. The van der Waals surface area contributed by atoms with Gasteiger partial charge in [0, 0.05) is 26.6 Å². The molecule has 0 aliphatic carbocycles. The smallest absolute Gasteiger partial charge is 0.334 e. The van der Waals surface area contributed by atoms with Gasteiger partial charge >= 0.3 is 5.97 Å². The number of hydrogen-bond acceptors (Lipinski definition) is 8. The third kappa shape index (κ3) is 18.7. The Bertz CT molecular complexity index is 1100. The lowest BCUT2D eigenvalue weighted by Crippen LogP contribution is -2.31. The fraction of sp³-hybridized carbons (Fsp3) is 0.515. The molecule has 0 bridgehead atoms. The van der Waals surface area contributed by atoms with E-state index in [1.54, 1.807) is 7.11 Å². The molecule has 0 aliphatic heterocycles. The first-order chi connectivity index (χ1) is 21.5. The number of aryl methyl sites for hydroxylation is 2. The fourth-order valence-corrected chi connectivity index (χ4v) is 4.12. The summed E-state index contributed by atoms with van der Waals surface area (Å²) in [5.41, 5.74) is 5.57. The van der Waals surface area contributed by atoms with Crippen molar-refractivity contribution in [1.82, 2.24) is 16.1 Å². The quantitative estimate of drug-likeness (QED) is 0.128. The third-order valence-corrected chi connectivity index (χ3v) is 6.53. The summed E-state index contributed by atoms with van der Waals surface area (Å²) in [6, 6.07) is 18.3. The van der Waals surface area contributed by atoms with Crippen LogP contribution in [-0.4, -0.2) is 76.9 Å². The maximum Gasteiger partial charge on any atom is 0.334 e. The van der Waals surface area contributed by atoms with Crippen molar-refractivity contribution in [3.8, 4) is 0 Å². The van der Waals surface area contributed by atoms with E-state index in [9.17, 15) is 19.2 Å². The van der Waals surface area contributed by atoms with Crippen LogP contribution >= 0.6 is 0 Å². The zero-order valence-electron chi connectivity index (χ0n) is 25.8. The van der Waals surface area contributed by atoms with E-state index in [1.807, 2.05) is 30.3 Å². The van der Waals surface area contributed by atoms with Gasteiger partial charge in [-0.3, -0.25) is 14.4 Å². The van der Waals surface area contributed by atoms with Gasteiger partial charge in [0.2, 0.25) is 11.8 Å². The monoisotopic (exact) mass is 613 g/mol. The summed E-state index contributed by atoms with van der Waals surface area (Å²) in [5.74, 6) is -1.50. The van der Waals surface area contributed by atoms with Crippen LogP contribution < -0.4 is 16.1 Å². The Hall–Kier alpha value is -3.80. The van der Waals surface area contributed by atoms with E-state index >= 15 is 0 Å². The van der Waals surface area contributed by atoms with Crippen molar-refractivity contribution in [1.29, 1.82) is 0 Å². The lowest BCUT2D eigenvalue weighted by atomic mass is 10.0. The zero-order chi connectivity index (χ0) is 31.7. The molecule has 0 fully saturated rings. The molecule has 11 nitrogen and oxygen atoms in total. The van der Waals surface area contributed by atoms with Gasteiger partial charge in [-0.2, -0.15) is 5.48 Å². The standard InChI is InChI=1S/C33H47N3O8/c1-41-21-22-42-23-24-43-26-32(39)34-19-8-7-13-30(37)35-20-18-33(40)44-36-31(38)25-29-16-14-28(15-17-29)12-6-5-11-27-9-3-2-4-10-27/h2-4,9-10,14-17H,5-8,11-13,18-26H2,1H3,(H,34,39)(H,35,37)(H,36,38). The number of nitrogens with one attached hydrogen (secondary N) is 3. The molecule has 11 heteroatoms. The predicted molar refractivity (Wildman–Crippen MR) is 165 cm³/mol.